The van der Waals surface area contributed by atoms with Crippen LogP contribution in [0.15, 0.2) is 0 Å². The molecule has 0 radical (unpaired) electrons. The van der Waals surface area contributed by atoms with Crippen LogP contribution in [0.5, 0.6) is 0 Å². The zero-order valence-corrected chi connectivity index (χ0v) is 11.7. The van der Waals surface area contributed by atoms with Crippen LogP contribution in [-0.4, -0.2) is 46.1 Å². The minimum Gasteiger partial charge on any atom is -0.444 e. The van der Waals surface area contributed by atoms with E-state index in [0.717, 1.165) is 0 Å². The Labute approximate surface area is 109 Å². The minimum atomic E-state index is -1.63. The normalized spacial score (nSPS) is 27.5. The summed E-state index contributed by atoms with van der Waals surface area (Å²) in [5.41, 5.74) is -0.968. The van der Waals surface area contributed by atoms with E-state index in [-0.39, 0.29) is 6.09 Å². The molecule has 104 valence electrons. The Morgan fingerprint density at radius 1 is 1.33 bits per heavy atom. The second kappa shape index (κ2) is 4.79. The maximum absolute atomic E-state index is 11.9. The van der Waals surface area contributed by atoms with E-state index in [1.807, 2.05) is 20.8 Å². The predicted octanol–water partition coefficient (Wildman–Crippen LogP) is 1.38. The molecule has 6 nitrogen and oxygen atoms in total. The molecule has 2 fully saturated rings. The van der Waals surface area contributed by atoms with Crippen LogP contribution < -0.4 is 0 Å². The Bertz CT molecular complexity index is 357. The van der Waals surface area contributed by atoms with Gasteiger partial charge in [-0.05, 0) is 33.6 Å². The fourth-order valence-electron chi connectivity index (χ4n) is 2.00. The zero-order valence-electron chi connectivity index (χ0n) is 10.9. The lowest BCUT2D eigenvalue weighted by Crippen LogP contribution is -2.49. The van der Waals surface area contributed by atoms with E-state index in [4.69, 9.17) is 13.1 Å². The first kappa shape index (κ1) is 13.8. The number of likely N-dealkylation sites (tertiary alicyclic amines) is 1. The standard InChI is InChI=1S/C11H19NO5S/c1-10(2,3)16-9(13)12-6-4-11(5-7-12)8-15-18(14)17-11/h4-8H2,1-3H3. The largest absolute Gasteiger partial charge is 0.444 e. The van der Waals surface area contributed by atoms with Crippen LogP contribution in [0.1, 0.15) is 33.6 Å². The first-order chi connectivity index (χ1) is 8.30. The third-order valence-corrected chi connectivity index (χ3v) is 3.79. The number of nitrogens with zero attached hydrogens (tertiary/aromatic N) is 1. The van der Waals surface area contributed by atoms with Gasteiger partial charge in [-0.1, -0.05) is 0 Å². The highest BCUT2D eigenvalue weighted by Gasteiger charge is 2.44. The fraction of sp³-hybridized carbons (Fsp3) is 0.909. The Balaban J connectivity index is 1.87. The Morgan fingerprint density at radius 2 is 1.94 bits per heavy atom. The molecular formula is C11H19NO5S. The molecule has 1 atom stereocenters. The predicted molar refractivity (Wildman–Crippen MR) is 65.0 cm³/mol. The maximum atomic E-state index is 11.9. The average molecular weight is 277 g/mol. The third kappa shape index (κ3) is 3.21. The van der Waals surface area contributed by atoms with Crippen LogP contribution in [0.4, 0.5) is 4.79 Å². The molecule has 2 rings (SSSR count). The van der Waals surface area contributed by atoms with Gasteiger partial charge >= 0.3 is 17.5 Å². The molecule has 2 heterocycles. The number of carbonyl (C=O) groups excluding carboxylic acids is 1. The first-order valence-electron chi connectivity index (χ1n) is 6.02. The van der Waals surface area contributed by atoms with Gasteiger partial charge < -0.3 is 9.64 Å². The third-order valence-electron chi connectivity index (χ3n) is 2.99. The van der Waals surface area contributed by atoms with Crippen molar-refractivity contribution in [3.63, 3.8) is 0 Å². The summed E-state index contributed by atoms with van der Waals surface area (Å²) in [6.07, 6.45) is 0.938. The monoisotopic (exact) mass is 277 g/mol. The summed E-state index contributed by atoms with van der Waals surface area (Å²) in [6.45, 7) is 6.93. The number of carbonyl (C=O) groups is 1. The molecule has 2 aliphatic rings. The minimum absolute atomic E-state index is 0.308. The van der Waals surface area contributed by atoms with Gasteiger partial charge in [0.1, 0.15) is 11.2 Å². The summed E-state index contributed by atoms with van der Waals surface area (Å²) >= 11 is -1.63. The first-order valence-corrected chi connectivity index (χ1v) is 7.02. The highest BCUT2D eigenvalue weighted by atomic mass is 32.2. The molecule has 0 aliphatic carbocycles. The van der Waals surface area contributed by atoms with Crippen molar-refractivity contribution in [3.05, 3.63) is 0 Å². The van der Waals surface area contributed by atoms with Crippen molar-refractivity contribution in [1.82, 2.24) is 4.90 Å². The summed E-state index contributed by atoms with van der Waals surface area (Å²) in [5.74, 6) is 0. The highest BCUT2D eigenvalue weighted by molar-refractivity contribution is 7.75. The van der Waals surface area contributed by atoms with Gasteiger partial charge in [-0.2, -0.15) is 4.21 Å². The van der Waals surface area contributed by atoms with Crippen molar-refractivity contribution in [2.24, 2.45) is 0 Å². The van der Waals surface area contributed by atoms with Gasteiger partial charge in [0.15, 0.2) is 0 Å². The Hall–Kier alpha value is -0.660. The molecule has 2 aliphatic heterocycles. The van der Waals surface area contributed by atoms with Crippen molar-refractivity contribution in [2.45, 2.75) is 44.8 Å². The number of hydrogen-bond donors (Lipinski definition) is 0. The van der Waals surface area contributed by atoms with Crippen molar-refractivity contribution in [3.8, 4) is 0 Å². The fourth-order valence-corrected chi connectivity index (χ4v) is 2.86. The summed E-state index contributed by atoms with van der Waals surface area (Å²) in [7, 11) is 0. The van der Waals surface area contributed by atoms with Crippen molar-refractivity contribution < 1.29 is 22.1 Å². The molecule has 0 bridgehead atoms. The Kier molecular flexibility index (Phi) is 3.66. The second-order valence-electron chi connectivity index (χ2n) is 5.70. The topological polar surface area (TPSA) is 65.1 Å². The van der Waals surface area contributed by atoms with Gasteiger partial charge in [0.25, 0.3) is 0 Å². The molecule has 0 N–H and O–H groups in total. The summed E-state index contributed by atoms with van der Waals surface area (Å²) in [5, 5.41) is 0. The maximum Gasteiger partial charge on any atom is 0.410 e. The van der Waals surface area contributed by atoms with Crippen molar-refractivity contribution >= 4 is 17.5 Å². The van der Waals surface area contributed by atoms with Gasteiger partial charge in [-0.3, -0.25) is 8.37 Å². The van der Waals surface area contributed by atoms with Crippen LogP contribution >= 0.6 is 0 Å². The van der Waals surface area contributed by atoms with E-state index in [9.17, 15) is 9.00 Å². The Morgan fingerprint density at radius 3 is 2.39 bits per heavy atom. The number of rotatable bonds is 0. The second-order valence-corrected chi connectivity index (χ2v) is 6.51. The van der Waals surface area contributed by atoms with Gasteiger partial charge in [-0.25, -0.2) is 4.79 Å². The van der Waals surface area contributed by atoms with E-state index >= 15 is 0 Å². The highest BCUT2D eigenvalue weighted by Crippen LogP contribution is 2.33. The van der Waals surface area contributed by atoms with E-state index in [2.05, 4.69) is 0 Å². The van der Waals surface area contributed by atoms with E-state index in [0.29, 0.717) is 32.5 Å². The molecule has 1 unspecified atom stereocenters. The summed E-state index contributed by atoms with van der Waals surface area (Å²) in [4.78, 5) is 13.5. The lowest BCUT2D eigenvalue weighted by molar-refractivity contribution is -0.00838. The SMILES string of the molecule is CC(C)(C)OC(=O)N1CCC2(CC1)COS(=O)O2. The summed E-state index contributed by atoms with van der Waals surface area (Å²) in [6, 6.07) is 0. The van der Waals surface area contributed by atoms with Crippen LogP contribution in [0.2, 0.25) is 0 Å². The number of amides is 1. The van der Waals surface area contributed by atoms with Gasteiger partial charge in [0.2, 0.25) is 0 Å². The van der Waals surface area contributed by atoms with Crippen LogP contribution in [0.3, 0.4) is 0 Å². The van der Waals surface area contributed by atoms with Crippen LogP contribution in [-0.2, 0) is 24.5 Å². The smallest absolute Gasteiger partial charge is 0.410 e. The summed E-state index contributed by atoms with van der Waals surface area (Å²) < 4.78 is 26.6. The molecule has 0 aromatic heterocycles. The van der Waals surface area contributed by atoms with Gasteiger partial charge in [-0.15, -0.1) is 0 Å². The van der Waals surface area contributed by atoms with Crippen molar-refractivity contribution in [2.75, 3.05) is 19.7 Å². The van der Waals surface area contributed by atoms with E-state index in [1.54, 1.807) is 4.90 Å². The molecular weight excluding hydrogens is 258 g/mol. The number of ether oxygens (including phenoxy) is 1. The van der Waals surface area contributed by atoms with Crippen LogP contribution in [0.25, 0.3) is 0 Å². The number of hydrogen-bond acceptors (Lipinski definition) is 5. The quantitative estimate of drug-likeness (QED) is 0.669. The zero-order chi connectivity index (χ0) is 13.4. The van der Waals surface area contributed by atoms with Crippen molar-refractivity contribution in [1.29, 1.82) is 0 Å². The molecule has 0 aromatic rings. The molecule has 18 heavy (non-hydrogen) atoms. The lowest BCUT2D eigenvalue weighted by Gasteiger charge is -2.36. The van der Waals surface area contributed by atoms with Gasteiger partial charge in [0, 0.05) is 13.1 Å². The number of piperidine rings is 1. The van der Waals surface area contributed by atoms with Crippen LogP contribution in [0, 0.1) is 0 Å². The molecule has 0 saturated carbocycles. The molecule has 2 saturated heterocycles. The molecule has 0 aromatic carbocycles. The lowest BCUT2D eigenvalue weighted by atomic mass is 9.93. The average Bonchev–Trinajstić information content (AvgIpc) is 2.58. The molecule has 1 amide bonds. The van der Waals surface area contributed by atoms with E-state index in [1.165, 1.54) is 0 Å². The molecule has 1 spiro atoms. The van der Waals surface area contributed by atoms with E-state index < -0.39 is 22.6 Å². The van der Waals surface area contributed by atoms with Gasteiger partial charge in [0.05, 0.1) is 6.61 Å². The molecule has 7 heteroatoms.